The SMILES string of the molecule is COc1ccc(N(C)C(=O)[C@H](Cc2ccccc2)NC(=O)NS(=O)(=O)N[C@@H](Cc2ccccc2)C(=O)N2CCCC2)cc1. The molecule has 43 heavy (non-hydrogen) atoms. The molecule has 1 saturated heterocycles. The van der Waals surface area contributed by atoms with Gasteiger partial charge in [0.15, 0.2) is 0 Å². The molecule has 0 aliphatic carbocycles. The molecule has 0 spiro atoms. The van der Waals surface area contributed by atoms with Crippen LogP contribution in [0.1, 0.15) is 24.0 Å². The summed E-state index contributed by atoms with van der Waals surface area (Å²) in [6, 6.07) is 21.6. The van der Waals surface area contributed by atoms with Crippen molar-refractivity contribution in [1.82, 2.24) is 19.7 Å². The van der Waals surface area contributed by atoms with E-state index in [-0.39, 0.29) is 18.7 Å². The molecule has 3 N–H and O–H groups in total. The molecule has 4 amide bonds. The van der Waals surface area contributed by atoms with Gasteiger partial charge in [0, 0.05) is 32.2 Å². The van der Waals surface area contributed by atoms with Crippen molar-refractivity contribution in [1.29, 1.82) is 0 Å². The number of hydrogen-bond acceptors (Lipinski definition) is 6. The van der Waals surface area contributed by atoms with Gasteiger partial charge in [-0.05, 0) is 54.7 Å². The zero-order valence-electron chi connectivity index (χ0n) is 24.2. The first-order chi connectivity index (χ1) is 20.6. The molecule has 0 unspecified atom stereocenters. The van der Waals surface area contributed by atoms with E-state index in [0.29, 0.717) is 24.5 Å². The summed E-state index contributed by atoms with van der Waals surface area (Å²) >= 11 is 0. The Morgan fingerprint density at radius 3 is 1.91 bits per heavy atom. The first kappa shape index (κ1) is 31.5. The van der Waals surface area contributed by atoms with Crippen LogP contribution in [-0.2, 0) is 32.6 Å². The van der Waals surface area contributed by atoms with Crippen molar-refractivity contribution in [3.63, 3.8) is 0 Å². The summed E-state index contributed by atoms with van der Waals surface area (Å²) in [6.45, 7) is 1.09. The Bertz CT molecular complexity index is 1480. The fourth-order valence-corrected chi connectivity index (χ4v) is 5.85. The summed E-state index contributed by atoms with van der Waals surface area (Å²) < 4.78 is 35.7. The maximum Gasteiger partial charge on any atom is 0.330 e. The molecule has 1 aliphatic rings. The van der Waals surface area contributed by atoms with Crippen LogP contribution < -0.4 is 24.4 Å². The molecule has 0 saturated carbocycles. The number of methoxy groups -OCH3 is 1. The van der Waals surface area contributed by atoms with E-state index in [2.05, 4.69) is 10.0 Å². The highest BCUT2D eigenvalue weighted by Crippen LogP contribution is 2.19. The van der Waals surface area contributed by atoms with Crippen LogP contribution in [-0.4, -0.2) is 70.5 Å². The van der Waals surface area contributed by atoms with E-state index in [1.165, 1.54) is 12.0 Å². The average molecular weight is 608 g/mol. The third kappa shape index (κ3) is 9.03. The average Bonchev–Trinajstić information content (AvgIpc) is 3.55. The van der Waals surface area contributed by atoms with Crippen LogP contribution >= 0.6 is 0 Å². The highest BCUT2D eigenvalue weighted by atomic mass is 32.2. The topological polar surface area (TPSA) is 137 Å². The van der Waals surface area contributed by atoms with Gasteiger partial charge in [-0.1, -0.05) is 60.7 Å². The molecule has 3 aromatic carbocycles. The first-order valence-electron chi connectivity index (χ1n) is 14.0. The molecule has 0 bridgehead atoms. The lowest BCUT2D eigenvalue weighted by molar-refractivity contribution is -0.131. The largest absolute Gasteiger partial charge is 0.497 e. The molecule has 1 fully saturated rings. The number of hydrogen-bond donors (Lipinski definition) is 3. The fraction of sp³-hybridized carbons (Fsp3) is 0.323. The van der Waals surface area contributed by atoms with Gasteiger partial charge in [0.05, 0.1) is 7.11 Å². The Hall–Kier alpha value is -4.42. The summed E-state index contributed by atoms with van der Waals surface area (Å²) in [4.78, 5) is 42.9. The van der Waals surface area contributed by atoms with Crippen LogP contribution in [0.3, 0.4) is 0 Å². The second-order valence-corrected chi connectivity index (χ2v) is 11.8. The van der Waals surface area contributed by atoms with Crippen LogP contribution in [0.5, 0.6) is 5.75 Å². The molecular formula is C31H37N5O6S. The number of carbonyl (C=O) groups is 3. The highest BCUT2D eigenvalue weighted by Gasteiger charge is 2.32. The summed E-state index contributed by atoms with van der Waals surface area (Å²) in [5, 5.41) is 2.52. The van der Waals surface area contributed by atoms with Gasteiger partial charge in [0.1, 0.15) is 17.8 Å². The zero-order chi connectivity index (χ0) is 30.8. The molecule has 1 aliphatic heterocycles. The molecule has 2 atom stereocenters. The molecular weight excluding hydrogens is 570 g/mol. The van der Waals surface area contributed by atoms with Gasteiger partial charge < -0.3 is 19.9 Å². The smallest absolute Gasteiger partial charge is 0.330 e. The lowest BCUT2D eigenvalue weighted by Gasteiger charge is -2.26. The van der Waals surface area contributed by atoms with Crippen LogP contribution in [0.2, 0.25) is 0 Å². The number of amides is 4. The number of nitrogens with zero attached hydrogens (tertiary/aromatic N) is 2. The van der Waals surface area contributed by atoms with Gasteiger partial charge in [-0.2, -0.15) is 13.1 Å². The Labute approximate surface area is 252 Å². The maximum atomic E-state index is 13.6. The van der Waals surface area contributed by atoms with E-state index in [1.54, 1.807) is 60.5 Å². The minimum absolute atomic E-state index is 0.112. The van der Waals surface area contributed by atoms with Gasteiger partial charge in [0.25, 0.3) is 0 Å². The van der Waals surface area contributed by atoms with E-state index < -0.39 is 34.2 Å². The number of anilines is 1. The zero-order valence-corrected chi connectivity index (χ0v) is 25.0. The van der Waals surface area contributed by atoms with Crippen molar-refractivity contribution in [2.24, 2.45) is 0 Å². The second kappa shape index (κ2) is 14.7. The third-order valence-electron chi connectivity index (χ3n) is 7.20. The van der Waals surface area contributed by atoms with Gasteiger partial charge in [-0.15, -0.1) is 0 Å². The van der Waals surface area contributed by atoms with Crippen LogP contribution in [0.25, 0.3) is 0 Å². The minimum Gasteiger partial charge on any atom is -0.497 e. The molecule has 3 aromatic rings. The number of benzene rings is 3. The summed E-state index contributed by atoms with van der Waals surface area (Å²) in [5.41, 5.74) is 2.09. The summed E-state index contributed by atoms with van der Waals surface area (Å²) in [6.07, 6.45) is 1.92. The van der Waals surface area contributed by atoms with Gasteiger partial charge in [-0.3, -0.25) is 9.59 Å². The Morgan fingerprint density at radius 2 is 1.37 bits per heavy atom. The number of ether oxygens (including phenoxy) is 1. The van der Waals surface area contributed by atoms with Crippen LogP contribution in [0, 0.1) is 0 Å². The first-order valence-corrected chi connectivity index (χ1v) is 15.5. The van der Waals surface area contributed by atoms with Gasteiger partial charge >= 0.3 is 16.2 Å². The van der Waals surface area contributed by atoms with Crippen molar-refractivity contribution >= 4 is 33.7 Å². The standard InChI is InChI=1S/C31H37N5O6S/c1-35(25-15-17-26(42-2)18-16-25)29(37)27(21-23-11-5-3-6-12-23)32-31(39)34-43(40,41)33-28(22-24-13-7-4-8-14-24)30(38)36-19-9-10-20-36/h3-8,11-18,27-28,33H,9-10,19-22H2,1-2H3,(H2,32,34,39)/t27-,28-/m0/s1. The number of carbonyl (C=O) groups excluding carboxylic acids is 3. The monoisotopic (exact) mass is 607 g/mol. The highest BCUT2D eigenvalue weighted by molar-refractivity contribution is 7.88. The molecule has 0 aromatic heterocycles. The molecule has 4 rings (SSSR count). The fourth-order valence-electron chi connectivity index (χ4n) is 4.93. The molecule has 12 heteroatoms. The van der Waals surface area contributed by atoms with E-state index in [1.807, 2.05) is 41.1 Å². The predicted molar refractivity (Wildman–Crippen MR) is 164 cm³/mol. The third-order valence-corrected chi connectivity index (χ3v) is 8.25. The maximum absolute atomic E-state index is 13.6. The molecule has 1 heterocycles. The lowest BCUT2D eigenvalue weighted by Crippen LogP contribution is -2.57. The Balaban J connectivity index is 1.48. The van der Waals surface area contributed by atoms with Crippen molar-refractivity contribution in [2.75, 3.05) is 32.1 Å². The van der Waals surface area contributed by atoms with Gasteiger partial charge in [-0.25, -0.2) is 9.52 Å². The van der Waals surface area contributed by atoms with Crippen molar-refractivity contribution < 1.29 is 27.5 Å². The second-order valence-electron chi connectivity index (χ2n) is 10.3. The van der Waals surface area contributed by atoms with Crippen molar-refractivity contribution in [2.45, 2.75) is 37.8 Å². The molecule has 228 valence electrons. The molecule has 0 radical (unpaired) electrons. The number of likely N-dealkylation sites (tertiary alicyclic amines) is 1. The summed E-state index contributed by atoms with van der Waals surface area (Å²) in [7, 11) is -1.39. The number of urea groups is 1. The van der Waals surface area contributed by atoms with Crippen LogP contribution in [0.15, 0.2) is 84.9 Å². The summed E-state index contributed by atoms with van der Waals surface area (Å²) in [5.74, 6) is -0.194. The Morgan fingerprint density at radius 1 is 0.837 bits per heavy atom. The minimum atomic E-state index is -4.50. The van der Waals surface area contributed by atoms with E-state index in [4.69, 9.17) is 4.74 Å². The van der Waals surface area contributed by atoms with E-state index in [9.17, 15) is 22.8 Å². The lowest BCUT2D eigenvalue weighted by atomic mass is 10.0. The van der Waals surface area contributed by atoms with Crippen molar-refractivity contribution in [3.8, 4) is 5.75 Å². The van der Waals surface area contributed by atoms with E-state index in [0.717, 1.165) is 24.0 Å². The number of likely N-dealkylation sites (N-methyl/N-ethyl adjacent to an activating group) is 1. The quantitative estimate of drug-likeness (QED) is 0.290. The number of rotatable bonds is 12. The number of nitrogens with one attached hydrogen (secondary N) is 3. The van der Waals surface area contributed by atoms with Gasteiger partial charge in [0.2, 0.25) is 11.8 Å². The van der Waals surface area contributed by atoms with Crippen LogP contribution in [0.4, 0.5) is 10.5 Å². The molecule has 11 nitrogen and oxygen atoms in total. The van der Waals surface area contributed by atoms with E-state index >= 15 is 0 Å². The van der Waals surface area contributed by atoms with Crippen molar-refractivity contribution in [3.05, 3.63) is 96.1 Å². The Kier molecular flexibility index (Phi) is 10.7. The normalized spacial score (nSPS) is 14.4. The predicted octanol–water partition coefficient (Wildman–Crippen LogP) is 2.64.